The highest BCUT2D eigenvalue weighted by Gasteiger charge is 2.01. The van der Waals surface area contributed by atoms with Crippen LogP contribution in [0.15, 0.2) is 0 Å². The Balaban J connectivity index is 2.10. The summed E-state index contributed by atoms with van der Waals surface area (Å²) >= 11 is 7.18. The maximum absolute atomic E-state index is 5.48. The van der Waals surface area contributed by atoms with Gasteiger partial charge in [-0.15, -0.1) is 22.9 Å². The van der Waals surface area contributed by atoms with Gasteiger partial charge in [-0.1, -0.05) is 0 Å². The molecule has 0 unspecified atom stereocenters. The predicted molar refractivity (Wildman–Crippen MR) is 66.2 cm³/mol. The zero-order valence-electron chi connectivity index (χ0n) is 9.18. The summed E-state index contributed by atoms with van der Waals surface area (Å²) in [5, 5.41) is 4.28. The van der Waals surface area contributed by atoms with E-state index in [0.29, 0.717) is 12.5 Å². The molecule has 0 spiro atoms. The second-order valence-electron chi connectivity index (χ2n) is 3.24. The van der Waals surface area contributed by atoms with Gasteiger partial charge in [0, 0.05) is 23.9 Å². The van der Waals surface area contributed by atoms with Gasteiger partial charge in [-0.05, 0) is 20.3 Å². The number of hydrogen-bond acceptors (Lipinski definition) is 4. The monoisotopic (exact) mass is 248 g/mol. The summed E-state index contributed by atoms with van der Waals surface area (Å²) in [6, 6.07) is 0. The van der Waals surface area contributed by atoms with E-state index in [4.69, 9.17) is 16.3 Å². The molecule has 1 aromatic heterocycles. The van der Waals surface area contributed by atoms with Gasteiger partial charge in [0.1, 0.15) is 0 Å². The highest BCUT2D eigenvalue weighted by molar-refractivity contribution is 7.15. The number of hydrogen-bond donors (Lipinski definition) is 1. The smallest absolute Gasteiger partial charge is 0.183 e. The fourth-order valence-corrected chi connectivity index (χ4v) is 2.02. The Kier molecular flexibility index (Phi) is 5.98. The molecule has 0 bridgehead atoms. The molecule has 0 saturated carbocycles. The van der Waals surface area contributed by atoms with Crippen LogP contribution in [0.3, 0.4) is 0 Å². The first-order valence-electron chi connectivity index (χ1n) is 5.05. The summed E-state index contributed by atoms with van der Waals surface area (Å²) in [5.74, 6) is 0.568. The fraction of sp³-hybridized carbons (Fsp3) is 0.700. The quantitative estimate of drug-likeness (QED) is 0.595. The molecule has 86 valence electrons. The average Bonchev–Trinajstić information content (AvgIpc) is 2.52. The Morgan fingerprint density at radius 2 is 2.20 bits per heavy atom. The maximum Gasteiger partial charge on any atom is 0.183 e. The van der Waals surface area contributed by atoms with Gasteiger partial charge in [-0.25, -0.2) is 4.98 Å². The number of thiazole rings is 1. The third kappa shape index (κ3) is 4.82. The van der Waals surface area contributed by atoms with Crippen LogP contribution in [0.25, 0.3) is 0 Å². The van der Waals surface area contributed by atoms with Gasteiger partial charge in [0.25, 0.3) is 0 Å². The molecule has 0 aliphatic carbocycles. The zero-order valence-corrected chi connectivity index (χ0v) is 10.7. The molecule has 3 nitrogen and oxygen atoms in total. The van der Waals surface area contributed by atoms with Crippen LogP contribution < -0.4 is 5.32 Å². The third-order valence-electron chi connectivity index (χ3n) is 1.99. The standard InChI is InChI=1S/C10H17ClN2OS/c1-8-9(2)15-10(13-8)12-5-3-6-14-7-4-11/h3-7H2,1-2H3,(H,12,13). The van der Waals surface area contributed by atoms with E-state index in [2.05, 4.69) is 17.2 Å². The number of rotatable bonds is 7. The van der Waals surface area contributed by atoms with Crippen LogP contribution in [0.2, 0.25) is 0 Å². The third-order valence-corrected chi connectivity index (χ3v) is 3.18. The molecule has 1 heterocycles. The highest BCUT2D eigenvalue weighted by atomic mass is 35.5. The minimum atomic E-state index is 0.568. The van der Waals surface area contributed by atoms with Crippen LogP contribution in [-0.2, 0) is 4.74 Å². The molecule has 0 aromatic carbocycles. The minimum Gasteiger partial charge on any atom is -0.380 e. The summed E-state index contributed by atoms with van der Waals surface area (Å²) in [4.78, 5) is 5.66. The van der Waals surface area contributed by atoms with Crippen LogP contribution in [0.5, 0.6) is 0 Å². The molecular formula is C10H17ClN2OS. The van der Waals surface area contributed by atoms with Crippen molar-refractivity contribution in [2.45, 2.75) is 20.3 Å². The van der Waals surface area contributed by atoms with Gasteiger partial charge in [0.15, 0.2) is 5.13 Å². The molecule has 0 radical (unpaired) electrons. The summed E-state index contributed by atoms with van der Waals surface area (Å²) in [6.45, 7) is 6.40. The molecule has 1 aromatic rings. The minimum absolute atomic E-state index is 0.568. The molecule has 0 fully saturated rings. The molecule has 0 amide bonds. The van der Waals surface area contributed by atoms with Gasteiger partial charge in [-0.2, -0.15) is 0 Å². The van der Waals surface area contributed by atoms with Crippen molar-refractivity contribution in [3.63, 3.8) is 0 Å². The number of anilines is 1. The second-order valence-corrected chi connectivity index (χ2v) is 4.82. The Labute approximate surface area is 99.8 Å². The van der Waals surface area contributed by atoms with Gasteiger partial charge >= 0.3 is 0 Å². The van der Waals surface area contributed by atoms with Crippen molar-refractivity contribution >= 4 is 28.1 Å². The summed E-state index contributed by atoms with van der Waals surface area (Å²) < 4.78 is 5.26. The van der Waals surface area contributed by atoms with Crippen molar-refractivity contribution < 1.29 is 4.74 Å². The van der Waals surface area contributed by atoms with Crippen LogP contribution in [-0.4, -0.2) is 30.6 Å². The molecule has 0 aliphatic heterocycles. The Bertz CT molecular complexity index is 271. The molecule has 5 heteroatoms. The van der Waals surface area contributed by atoms with Crippen LogP contribution in [0.4, 0.5) is 5.13 Å². The summed E-state index contributed by atoms with van der Waals surface area (Å²) in [5.41, 5.74) is 1.11. The predicted octanol–water partition coefficient (Wildman–Crippen LogP) is 2.82. The number of ether oxygens (including phenoxy) is 1. The topological polar surface area (TPSA) is 34.2 Å². The first kappa shape index (κ1) is 12.7. The van der Waals surface area contributed by atoms with Crippen molar-refractivity contribution in [1.82, 2.24) is 4.98 Å². The first-order chi connectivity index (χ1) is 7.24. The van der Waals surface area contributed by atoms with E-state index < -0.39 is 0 Å². The van der Waals surface area contributed by atoms with E-state index in [1.165, 1.54) is 4.88 Å². The lowest BCUT2D eigenvalue weighted by Crippen LogP contribution is -2.06. The van der Waals surface area contributed by atoms with Crippen molar-refractivity contribution in [3.8, 4) is 0 Å². The molecule has 1 rings (SSSR count). The van der Waals surface area contributed by atoms with E-state index in [-0.39, 0.29) is 0 Å². The lowest BCUT2D eigenvalue weighted by molar-refractivity contribution is 0.149. The van der Waals surface area contributed by atoms with Crippen molar-refractivity contribution in [1.29, 1.82) is 0 Å². The van der Waals surface area contributed by atoms with Crippen LogP contribution in [0.1, 0.15) is 17.0 Å². The molecule has 0 atom stereocenters. The number of aryl methyl sites for hydroxylation is 2. The van der Waals surface area contributed by atoms with Gasteiger partial charge in [0.05, 0.1) is 12.3 Å². The van der Waals surface area contributed by atoms with Gasteiger partial charge in [0.2, 0.25) is 0 Å². The van der Waals surface area contributed by atoms with Crippen LogP contribution in [0, 0.1) is 13.8 Å². The highest BCUT2D eigenvalue weighted by Crippen LogP contribution is 2.20. The zero-order chi connectivity index (χ0) is 11.1. The molecule has 1 N–H and O–H groups in total. The number of halogens is 1. The first-order valence-corrected chi connectivity index (χ1v) is 6.40. The van der Waals surface area contributed by atoms with Crippen molar-refractivity contribution in [2.75, 3.05) is 31.0 Å². The van der Waals surface area contributed by atoms with Crippen molar-refractivity contribution in [2.24, 2.45) is 0 Å². The normalized spacial score (nSPS) is 10.6. The Hall–Kier alpha value is -0.320. The van der Waals surface area contributed by atoms with E-state index >= 15 is 0 Å². The van der Waals surface area contributed by atoms with E-state index in [1.54, 1.807) is 11.3 Å². The molecule has 0 saturated heterocycles. The van der Waals surface area contributed by atoms with Gasteiger partial charge < -0.3 is 10.1 Å². The fourth-order valence-electron chi connectivity index (χ4n) is 1.07. The maximum atomic E-state index is 5.48. The lowest BCUT2D eigenvalue weighted by Gasteiger charge is -2.02. The number of aromatic nitrogens is 1. The number of nitrogens with one attached hydrogen (secondary N) is 1. The summed E-state index contributed by atoms with van der Waals surface area (Å²) in [6.07, 6.45) is 0.981. The van der Waals surface area contributed by atoms with E-state index in [1.807, 2.05) is 6.92 Å². The molecule has 0 aliphatic rings. The lowest BCUT2D eigenvalue weighted by atomic mass is 10.4. The second kappa shape index (κ2) is 7.04. The SMILES string of the molecule is Cc1nc(NCCCOCCCl)sc1C. The number of alkyl halides is 1. The molecule has 15 heavy (non-hydrogen) atoms. The van der Waals surface area contributed by atoms with E-state index in [0.717, 1.165) is 30.4 Å². The Morgan fingerprint density at radius 1 is 1.40 bits per heavy atom. The average molecular weight is 249 g/mol. The van der Waals surface area contributed by atoms with E-state index in [9.17, 15) is 0 Å². The van der Waals surface area contributed by atoms with Gasteiger partial charge in [-0.3, -0.25) is 0 Å². The molecular weight excluding hydrogens is 232 g/mol. The largest absolute Gasteiger partial charge is 0.380 e. The van der Waals surface area contributed by atoms with Crippen LogP contribution >= 0.6 is 22.9 Å². The Morgan fingerprint density at radius 3 is 2.80 bits per heavy atom. The number of nitrogens with zero attached hydrogens (tertiary/aromatic N) is 1. The summed E-state index contributed by atoms with van der Waals surface area (Å²) in [7, 11) is 0. The van der Waals surface area contributed by atoms with Crippen molar-refractivity contribution in [3.05, 3.63) is 10.6 Å².